The van der Waals surface area contributed by atoms with E-state index >= 15 is 0 Å². The molecule has 2 aliphatic heterocycles. The third-order valence-corrected chi connectivity index (χ3v) is 5.87. The minimum atomic E-state index is 0. The third-order valence-electron chi connectivity index (χ3n) is 4.87. The summed E-state index contributed by atoms with van der Waals surface area (Å²) in [4.78, 5) is 15.7. The number of likely N-dealkylation sites (tertiary alicyclic amines) is 1. The van der Waals surface area contributed by atoms with E-state index in [4.69, 9.17) is 15.2 Å². The van der Waals surface area contributed by atoms with Gasteiger partial charge in [-0.2, -0.15) is 0 Å². The molecule has 1 fully saturated rings. The van der Waals surface area contributed by atoms with E-state index in [1.165, 1.54) is 0 Å². The molecule has 146 valence electrons. The van der Waals surface area contributed by atoms with Gasteiger partial charge in [-0.25, -0.2) is 0 Å². The van der Waals surface area contributed by atoms with Crippen molar-refractivity contribution in [2.75, 3.05) is 32.1 Å². The number of carbonyl (C=O) groups excluding carboxylic acids is 1. The number of nitrogens with zero attached hydrogens (tertiary/aromatic N) is 1. The molecule has 1 saturated heterocycles. The summed E-state index contributed by atoms with van der Waals surface area (Å²) in [7, 11) is 0. The van der Waals surface area contributed by atoms with E-state index in [2.05, 4.69) is 6.92 Å². The van der Waals surface area contributed by atoms with E-state index in [-0.39, 0.29) is 24.4 Å². The number of halogens is 1. The average Bonchev–Trinajstić information content (AvgIpc) is 2.86. The van der Waals surface area contributed by atoms with Crippen LogP contribution in [0.2, 0.25) is 0 Å². The first-order valence-corrected chi connectivity index (χ1v) is 10.2. The van der Waals surface area contributed by atoms with Crippen molar-refractivity contribution in [3.63, 3.8) is 0 Å². The average molecular weight is 401 g/mol. The molecular formula is C19H29ClN2O3S. The second-order valence-corrected chi connectivity index (χ2v) is 8.03. The summed E-state index contributed by atoms with van der Waals surface area (Å²) in [6.07, 6.45) is 3.56. The number of nitrogens with two attached hydrogens (primary N) is 1. The van der Waals surface area contributed by atoms with Gasteiger partial charge in [-0.1, -0.05) is 6.92 Å². The maximum atomic E-state index is 12.6. The Morgan fingerprint density at radius 1 is 1.31 bits per heavy atom. The van der Waals surface area contributed by atoms with Gasteiger partial charge in [0, 0.05) is 42.6 Å². The summed E-state index contributed by atoms with van der Waals surface area (Å²) >= 11 is 1.69. The molecule has 1 aromatic rings. The Balaban J connectivity index is 0.00000243. The summed E-state index contributed by atoms with van der Waals surface area (Å²) < 4.78 is 11.4. The molecule has 0 bridgehead atoms. The van der Waals surface area contributed by atoms with Gasteiger partial charge in [0.25, 0.3) is 0 Å². The van der Waals surface area contributed by atoms with Gasteiger partial charge < -0.3 is 20.1 Å². The highest BCUT2D eigenvalue weighted by Crippen LogP contribution is 2.34. The number of ether oxygens (including phenoxy) is 2. The predicted molar refractivity (Wildman–Crippen MR) is 108 cm³/mol. The second-order valence-electron chi connectivity index (χ2n) is 6.86. The van der Waals surface area contributed by atoms with Crippen LogP contribution in [-0.2, 0) is 4.79 Å². The summed E-state index contributed by atoms with van der Waals surface area (Å²) in [5, 5.41) is 0. The standard InChI is InChI=1S/C19H28N2O3S.ClH/c1-14-5-7-21(15(11-14)13-20)19(22)6-10-25-16-3-4-17-18(12-16)24-9-2-8-23-17;/h3-4,12,14-15H,2,5-11,13,20H2,1H3;1H. The first-order valence-electron chi connectivity index (χ1n) is 9.19. The molecule has 1 aromatic carbocycles. The fourth-order valence-corrected chi connectivity index (χ4v) is 4.30. The lowest BCUT2D eigenvalue weighted by atomic mass is 9.92. The van der Waals surface area contributed by atoms with Crippen molar-refractivity contribution in [1.29, 1.82) is 0 Å². The Hall–Kier alpha value is -1.11. The van der Waals surface area contributed by atoms with Gasteiger partial charge in [-0.05, 0) is 37.0 Å². The SMILES string of the molecule is CC1CCN(C(=O)CCSc2ccc3c(c2)OCCCO3)C(CN)C1.Cl. The molecule has 3 rings (SSSR count). The lowest BCUT2D eigenvalue weighted by molar-refractivity contribution is -0.134. The number of hydrogen-bond acceptors (Lipinski definition) is 5. The minimum Gasteiger partial charge on any atom is -0.490 e. The minimum absolute atomic E-state index is 0. The fourth-order valence-electron chi connectivity index (χ4n) is 3.44. The smallest absolute Gasteiger partial charge is 0.223 e. The van der Waals surface area contributed by atoms with Crippen molar-refractivity contribution < 1.29 is 14.3 Å². The van der Waals surface area contributed by atoms with Gasteiger partial charge in [-0.15, -0.1) is 24.2 Å². The molecule has 5 nitrogen and oxygen atoms in total. The van der Waals surface area contributed by atoms with Crippen LogP contribution < -0.4 is 15.2 Å². The van der Waals surface area contributed by atoms with Crippen molar-refractivity contribution in [1.82, 2.24) is 4.90 Å². The van der Waals surface area contributed by atoms with E-state index in [1.54, 1.807) is 11.8 Å². The number of piperidine rings is 1. The molecule has 2 unspecified atom stereocenters. The van der Waals surface area contributed by atoms with Gasteiger partial charge in [-0.3, -0.25) is 4.79 Å². The van der Waals surface area contributed by atoms with Crippen LogP contribution in [0.5, 0.6) is 11.5 Å². The predicted octanol–water partition coefficient (Wildman–Crippen LogP) is 3.34. The van der Waals surface area contributed by atoms with Crippen LogP contribution in [0.4, 0.5) is 0 Å². The van der Waals surface area contributed by atoms with Crippen molar-refractivity contribution >= 4 is 30.1 Å². The Bertz CT molecular complexity index is 602. The highest BCUT2D eigenvalue weighted by Gasteiger charge is 2.28. The van der Waals surface area contributed by atoms with Gasteiger partial charge in [0.2, 0.25) is 5.91 Å². The fraction of sp³-hybridized carbons (Fsp3) is 0.632. The third kappa shape index (κ3) is 5.44. The molecule has 26 heavy (non-hydrogen) atoms. The van der Waals surface area contributed by atoms with Crippen molar-refractivity contribution in [2.24, 2.45) is 11.7 Å². The zero-order valence-corrected chi connectivity index (χ0v) is 16.9. The number of benzene rings is 1. The van der Waals surface area contributed by atoms with Crippen molar-refractivity contribution in [3.8, 4) is 11.5 Å². The van der Waals surface area contributed by atoms with Gasteiger partial charge in [0.15, 0.2) is 11.5 Å². The van der Waals surface area contributed by atoms with Crippen LogP contribution in [-0.4, -0.2) is 48.9 Å². The molecule has 0 spiro atoms. The number of thioether (sulfide) groups is 1. The Morgan fingerprint density at radius 3 is 2.85 bits per heavy atom. The molecule has 7 heteroatoms. The number of rotatable bonds is 5. The number of hydrogen-bond donors (Lipinski definition) is 1. The van der Waals surface area contributed by atoms with Crippen molar-refractivity contribution in [2.45, 2.75) is 43.5 Å². The van der Waals surface area contributed by atoms with E-state index in [1.807, 2.05) is 23.1 Å². The highest BCUT2D eigenvalue weighted by atomic mass is 35.5. The van der Waals surface area contributed by atoms with Gasteiger partial charge >= 0.3 is 0 Å². The monoisotopic (exact) mass is 400 g/mol. The van der Waals surface area contributed by atoms with Gasteiger partial charge in [0.1, 0.15) is 0 Å². The molecule has 0 aromatic heterocycles. The molecule has 2 N–H and O–H groups in total. The van der Waals surface area contributed by atoms with E-state index < -0.39 is 0 Å². The quantitative estimate of drug-likeness (QED) is 0.768. The molecule has 0 radical (unpaired) electrons. The van der Waals surface area contributed by atoms with Crippen molar-refractivity contribution in [3.05, 3.63) is 18.2 Å². The number of fused-ring (bicyclic) bond motifs is 1. The van der Waals surface area contributed by atoms with E-state index in [9.17, 15) is 4.79 Å². The normalized spacial score (nSPS) is 22.3. The first kappa shape index (κ1) is 21.2. The van der Waals surface area contributed by atoms with Crippen LogP contribution in [0.25, 0.3) is 0 Å². The molecule has 1 amide bonds. The topological polar surface area (TPSA) is 64.8 Å². The van der Waals surface area contributed by atoms with Crippen LogP contribution >= 0.6 is 24.2 Å². The molecule has 2 heterocycles. The summed E-state index contributed by atoms with van der Waals surface area (Å²) in [5.74, 6) is 3.27. The maximum Gasteiger partial charge on any atom is 0.223 e. The first-order chi connectivity index (χ1) is 12.2. The summed E-state index contributed by atoms with van der Waals surface area (Å²) in [5.41, 5.74) is 5.87. The van der Waals surface area contributed by atoms with Crippen LogP contribution in [0.1, 0.15) is 32.6 Å². The Kier molecular flexibility index (Phi) is 8.38. The molecule has 2 aliphatic rings. The largest absolute Gasteiger partial charge is 0.490 e. The lowest BCUT2D eigenvalue weighted by Crippen LogP contribution is -2.49. The molecule has 0 aliphatic carbocycles. The van der Waals surface area contributed by atoms with Crippen LogP contribution in [0.3, 0.4) is 0 Å². The van der Waals surface area contributed by atoms with Gasteiger partial charge in [0.05, 0.1) is 13.2 Å². The van der Waals surface area contributed by atoms with E-state index in [0.717, 1.165) is 48.0 Å². The Labute approximate surface area is 166 Å². The van der Waals surface area contributed by atoms with Crippen LogP contribution in [0, 0.1) is 5.92 Å². The molecular weight excluding hydrogens is 372 g/mol. The second kappa shape index (κ2) is 10.3. The molecule has 0 saturated carbocycles. The maximum absolute atomic E-state index is 12.6. The lowest BCUT2D eigenvalue weighted by Gasteiger charge is -2.38. The Morgan fingerprint density at radius 2 is 2.08 bits per heavy atom. The highest BCUT2D eigenvalue weighted by molar-refractivity contribution is 7.99. The zero-order chi connectivity index (χ0) is 17.6. The number of amides is 1. The van der Waals surface area contributed by atoms with Crippen LogP contribution in [0.15, 0.2) is 23.1 Å². The summed E-state index contributed by atoms with van der Waals surface area (Å²) in [6.45, 7) is 5.03. The molecule has 2 atom stereocenters. The number of carbonyl (C=O) groups is 1. The van der Waals surface area contributed by atoms with E-state index in [0.29, 0.717) is 32.1 Å². The summed E-state index contributed by atoms with van der Waals surface area (Å²) in [6, 6.07) is 6.22. The zero-order valence-electron chi connectivity index (χ0n) is 15.3.